The van der Waals surface area contributed by atoms with E-state index in [1.54, 1.807) is 56.0 Å². The molecule has 0 bridgehead atoms. The molecule has 8 heteroatoms. The van der Waals surface area contributed by atoms with E-state index in [2.05, 4.69) is 31.1 Å². The molecule has 2 unspecified atom stereocenters. The van der Waals surface area contributed by atoms with Crippen molar-refractivity contribution in [3.05, 3.63) is 71.8 Å². The molecule has 2 atom stereocenters. The van der Waals surface area contributed by atoms with Crippen LogP contribution in [0.3, 0.4) is 0 Å². The first-order valence-corrected chi connectivity index (χ1v) is 15.6. The maximum Gasteiger partial charge on any atom is 0.408 e. The Kier molecular flexibility index (Phi) is 14.8. The van der Waals surface area contributed by atoms with Crippen molar-refractivity contribution in [1.82, 2.24) is 15.5 Å². The minimum absolute atomic E-state index is 0.103. The van der Waals surface area contributed by atoms with E-state index in [-0.39, 0.29) is 24.0 Å². The smallest absolute Gasteiger partial charge is 0.408 e. The van der Waals surface area contributed by atoms with Gasteiger partial charge in [-0.1, -0.05) is 88.9 Å². The summed E-state index contributed by atoms with van der Waals surface area (Å²) in [5.41, 5.74) is 1.50. The van der Waals surface area contributed by atoms with Gasteiger partial charge >= 0.3 is 6.09 Å². The molecule has 0 aliphatic rings. The monoisotopic (exact) mass is 593 g/mol. The van der Waals surface area contributed by atoms with Crippen molar-refractivity contribution in [2.45, 2.75) is 104 Å². The van der Waals surface area contributed by atoms with E-state index in [1.807, 2.05) is 24.3 Å². The molecule has 0 spiro atoms. The minimum Gasteiger partial charge on any atom is -0.508 e. The number of unbranched alkanes of at least 4 members (excludes halogenated alkanes) is 5. The maximum atomic E-state index is 14.5. The summed E-state index contributed by atoms with van der Waals surface area (Å²) >= 11 is 0. The van der Waals surface area contributed by atoms with Gasteiger partial charge < -0.3 is 25.4 Å². The van der Waals surface area contributed by atoms with E-state index < -0.39 is 23.8 Å². The van der Waals surface area contributed by atoms with Crippen LogP contribution in [0.4, 0.5) is 4.79 Å². The molecule has 0 aliphatic heterocycles. The third-order valence-corrected chi connectivity index (χ3v) is 7.00. The molecule has 0 heterocycles. The van der Waals surface area contributed by atoms with Gasteiger partial charge in [0.25, 0.3) is 0 Å². The summed E-state index contributed by atoms with van der Waals surface area (Å²) in [6.07, 6.45) is 7.66. The first-order chi connectivity index (χ1) is 20.5. The van der Waals surface area contributed by atoms with E-state index in [0.717, 1.165) is 49.7 Å². The number of aromatic hydroxyl groups is 1. The molecule has 2 rings (SSSR count). The van der Waals surface area contributed by atoms with Crippen LogP contribution < -0.4 is 10.6 Å². The minimum atomic E-state index is -1.01. The van der Waals surface area contributed by atoms with E-state index in [4.69, 9.17) is 4.74 Å². The summed E-state index contributed by atoms with van der Waals surface area (Å²) < 4.78 is 5.52. The van der Waals surface area contributed by atoms with Crippen molar-refractivity contribution >= 4 is 24.0 Å². The first-order valence-electron chi connectivity index (χ1n) is 15.6. The van der Waals surface area contributed by atoms with Gasteiger partial charge in [-0.05, 0) is 68.5 Å². The number of phenolic OH excluding ortho intramolecular Hbond substituents is 1. The molecule has 0 radical (unpaired) electrons. The second-order valence-electron chi connectivity index (χ2n) is 11.9. The average molecular weight is 594 g/mol. The van der Waals surface area contributed by atoms with Crippen LogP contribution in [0.5, 0.6) is 5.75 Å². The highest BCUT2D eigenvalue weighted by molar-refractivity contribution is 5.92. The lowest BCUT2D eigenvalue weighted by molar-refractivity contribution is -0.142. The molecule has 43 heavy (non-hydrogen) atoms. The maximum absolute atomic E-state index is 14.5. The number of nitrogens with zero attached hydrogens (tertiary/aromatic N) is 1. The Morgan fingerprint density at radius 1 is 0.977 bits per heavy atom. The molecule has 3 amide bonds. The lowest BCUT2D eigenvalue weighted by atomic mass is 9.98. The lowest BCUT2D eigenvalue weighted by Crippen LogP contribution is -2.54. The third-order valence-electron chi connectivity index (χ3n) is 7.00. The fraction of sp³-hybridized carbons (Fsp3) is 0.514. The van der Waals surface area contributed by atoms with Crippen LogP contribution in [0.2, 0.25) is 0 Å². The Morgan fingerprint density at radius 2 is 1.65 bits per heavy atom. The molecule has 0 saturated carbocycles. The molecule has 3 N–H and O–H groups in total. The third kappa shape index (κ3) is 12.5. The van der Waals surface area contributed by atoms with Crippen LogP contribution in [0, 0.1) is 0 Å². The van der Waals surface area contributed by atoms with Crippen molar-refractivity contribution in [3.63, 3.8) is 0 Å². The summed E-state index contributed by atoms with van der Waals surface area (Å²) in [6.45, 7) is 14.2. The van der Waals surface area contributed by atoms with Crippen LogP contribution in [-0.2, 0) is 20.7 Å². The second-order valence-corrected chi connectivity index (χ2v) is 11.9. The number of hydrogen-bond donors (Lipinski definition) is 3. The Bertz CT molecular complexity index is 1170. The number of benzene rings is 2. The molecule has 0 aromatic heterocycles. The number of carbonyl (C=O) groups excluding carboxylic acids is 3. The highest BCUT2D eigenvalue weighted by Crippen LogP contribution is 2.26. The second kappa shape index (κ2) is 18.0. The van der Waals surface area contributed by atoms with Crippen LogP contribution >= 0.6 is 0 Å². The molecule has 8 nitrogen and oxygen atoms in total. The number of hydrogen-bond acceptors (Lipinski definition) is 5. The van der Waals surface area contributed by atoms with Gasteiger partial charge in [-0.15, -0.1) is 0 Å². The molecule has 236 valence electrons. The predicted molar refractivity (Wildman–Crippen MR) is 173 cm³/mol. The molecule has 0 saturated heterocycles. The largest absolute Gasteiger partial charge is 0.508 e. The summed E-state index contributed by atoms with van der Waals surface area (Å²) in [5, 5.41) is 15.6. The van der Waals surface area contributed by atoms with E-state index in [1.165, 1.54) is 0 Å². The van der Waals surface area contributed by atoms with Gasteiger partial charge in [-0.2, -0.15) is 0 Å². The summed E-state index contributed by atoms with van der Waals surface area (Å²) in [5.74, 6) is -0.541. The van der Waals surface area contributed by atoms with Gasteiger partial charge in [0, 0.05) is 19.5 Å². The number of ether oxygens (including phenoxy) is 1. The van der Waals surface area contributed by atoms with E-state index in [9.17, 15) is 19.5 Å². The molecular formula is C35H51N3O5. The first kappa shape index (κ1) is 35.4. The predicted octanol–water partition coefficient (Wildman–Crippen LogP) is 6.93. The van der Waals surface area contributed by atoms with Crippen LogP contribution in [0.15, 0.2) is 55.1 Å². The number of alkyl carbamates (subject to hydrolysis) is 1. The zero-order valence-corrected chi connectivity index (χ0v) is 26.7. The van der Waals surface area contributed by atoms with E-state index in [0.29, 0.717) is 25.1 Å². The Balaban J connectivity index is 2.56. The Hall–Kier alpha value is -3.81. The van der Waals surface area contributed by atoms with Crippen molar-refractivity contribution < 1.29 is 24.2 Å². The molecule has 2 aromatic carbocycles. The standard InChI is InChI=1S/C35H51N3O5/c1-7-10-12-14-23-38(31(32(40)36-22-13-11-8-2)28-17-15-16-26(9-3)24-28)33(41)30(37-34(42)43-35(4,5)6)25-27-18-20-29(39)21-19-27/h9,15-21,24,30-31,39H,3,7-8,10-14,22-23,25H2,1-2,4-6H3,(H,36,40)(H,37,42). The number of nitrogens with one attached hydrogen (secondary N) is 2. The van der Waals surface area contributed by atoms with Crippen molar-refractivity contribution in [3.8, 4) is 5.75 Å². The normalized spacial score (nSPS) is 12.6. The van der Waals surface area contributed by atoms with Crippen LogP contribution in [0.25, 0.3) is 6.08 Å². The van der Waals surface area contributed by atoms with Crippen LogP contribution in [0.1, 0.15) is 102 Å². The number of phenols is 1. The Labute approximate surface area is 257 Å². The molecule has 2 aromatic rings. The topological polar surface area (TPSA) is 108 Å². The van der Waals surface area contributed by atoms with Gasteiger partial charge in [-0.25, -0.2) is 4.79 Å². The molecular weight excluding hydrogens is 542 g/mol. The molecule has 0 aliphatic carbocycles. The van der Waals surface area contributed by atoms with Crippen molar-refractivity contribution in [2.75, 3.05) is 13.1 Å². The van der Waals surface area contributed by atoms with Gasteiger partial charge in [-0.3, -0.25) is 9.59 Å². The van der Waals surface area contributed by atoms with Crippen LogP contribution in [-0.4, -0.2) is 52.6 Å². The van der Waals surface area contributed by atoms with Gasteiger partial charge in [0.2, 0.25) is 11.8 Å². The van der Waals surface area contributed by atoms with Crippen molar-refractivity contribution in [2.24, 2.45) is 0 Å². The summed E-state index contributed by atoms with van der Waals surface area (Å²) in [6, 6.07) is 12.1. The zero-order chi connectivity index (χ0) is 31.8. The van der Waals surface area contributed by atoms with Crippen molar-refractivity contribution in [1.29, 1.82) is 0 Å². The highest BCUT2D eigenvalue weighted by atomic mass is 16.6. The fourth-order valence-electron chi connectivity index (χ4n) is 4.81. The average Bonchev–Trinajstić information content (AvgIpc) is 2.96. The van der Waals surface area contributed by atoms with Gasteiger partial charge in [0.05, 0.1) is 0 Å². The van der Waals surface area contributed by atoms with Gasteiger partial charge in [0.15, 0.2) is 0 Å². The lowest BCUT2D eigenvalue weighted by Gasteiger charge is -2.35. The Morgan fingerprint density at radius 3 is 2.28 bits per heavy atom. The number of amides is 3. The van der Waals surface area contributed by atoms with E-state index >= 15 is 0 Å². The quantitative estimate of drug-likeness (QED) is 0.173. The summed E-state index contributed by atoms with van der Waals surface area (Å²) in [4.78, 5) is 43.0. The number of carbonyl (C=O) groups is 3. The fourth-order valence-corrected chi connectivity index (χ4v) is 4.81. The zero-order valence-electron chi connectivity index (χ0n) is 26.7. The van der Waals surface area contributed by atoms with Gasteiger partial charge in [0.1, 0.15) is 23.4 Å². The summed E-state index contributed by atoms with van der Waals surface area (Å²) in [7, 11) is 0. The molecule has 0 fully saturated rings. The highest BCUT2D eigenvalue weighted by Gasteiger charge is 2.36. The SMILES string of the molecule is C=Cc1cccc(C(C(=O)NCCCCC)N(CCCCCC)C(=O)C(Cc2ccc(O)cc2)NC(=O)OC(C)(C)C)c1. The number of rotatable bonds is 17.